The maximum Gasteiger partial charge on any atom is 0.309 e. The van der Waals surface area contributed by atoms with Gasteiger partial charge in [0, 0.05) is 36.5 Å². The molecule has 8 atom stereocenters. The molecule has 0 aliphatic heterocycles. The first-order valence-electron chi connectivity index (χ1n) is 12.4. The Bertz CT molecular complexity index is 993. The Kier molecular flexibility index (Phi) is 5.73. The number of esters is 2. The van der Waals surface area contributed by atoms with E-state index in [0.717, 1.165) is 0 Å². The minimum absolute atomic E-state index is 0.0179. The van der Waals surface area contributed by atoms with Gasteiger partial charge in [-0.15, -0.1) is 0 Å². The molecular formula is C27H38O7. The zero-order valence-electron chi connectivity index (χ0n) is 21.3. The van der Waals surface area contributed by atoms with Crippen LogP contribution in [0.1, 0.15) is 67.7 Å². The third-order valence-electron chi connectivity index (χ3n) is 9.43. The lowest BCUT2D eigenvalue weighted by molar-refractivity contribution is -0.188. The minimum Gasteiger partial charge on any atom is -0.461 e. The van der Waals surface area contributed by atoms with Crippen LogP contribution in [-0.2, 0) is 23.9 Å². The van der Waals surface area contributed by atoms with Crippen LogP contribution in [0.2, 0.25) is 0 Å². The summed E-state index contributed by atoms with van der Waals surface area (Å²) in [6.45, 7) is 12.7. The summed E-state index contributed by atoms with van der Waals surface area (Å²) >= 11 is 0. The van der Waals surface area contributed by atoms with Crippen LogP contribution < -0.4 is 0 Å². The normalized spacial score (nSPS) is 42.8. The van der Waals surface area contributed by atoms with E-state index in [1.165, 1.54) is 6.92 Å². The molecule has 7 nitrogen and oxygen atoms in total. The molecule has 2 fully saturated rings. The van der Waals surface area contributed by atoms with Crippen molar-refractivity contribution in [3.05, 3.63) is 23.3 Å². The quantitative estimate of drug-likeness (QED) is 0.465. The van der Waals surface area contributed by atoms with E-state index < -0.39 is 45.8 Å². The molecule has 4 rings (SSSR count). The fourth-order valence-electron chi connectivity index (χ4n) is 7.23. The Balaban J connectivity index is 1.83. The predicted octanol–water partition coefficient (Wildman–Crippen LogP) is 3.13. The molecule has 0 bridgehead atoms. The average Bonchev–Trinajstić information content (AvgIpc) is 3.16. The number of hydrogen-bond donors (Lipinski definition) is 2. The number of hydrogen-bond acceptors (Lipinski definition) is 7. The molecule has 7 heteroatoms. The van der Waals surface area contributed by atoms with Gasteiger partial charge in [-0.05, 0) is 36.8 Å². The zero-order chi connectivity index (χ0) is 25.4. The first kappa shape index (κ1) is 25.1. The monoisotopic (exact) mass is 474 g/mol. The summed E-state index contributed by atoms with van der Waals surface area (Å²) in [5, 5.41) is 24.1. The summed E-state index contributed by atoms with van der Waals surface area (Å²) in [5.74, 6) is -3.19. The van der Waals surface area contributed by atoms with E-state index in [9.17, 15) is 24.6 Å². The number of Topliss-reactive ketones (excluding diaryl/α,β-unsaturated/α-hetero) is 1. The lowest BCUT2D eigenvalue weighted by atomic mass is 9.60. The first-order chi connectivity index (χ1) is 15.7. The Morgan fingerprint density at radius 1 is 1.24 bits per heavy atom. The average molecular weight is 475 g/mol. The topological polar surface area (TPSA) is 110 Å². The van der Waals surface area contributed by atoms with Crippen molar-refractivity contribution in [2.24, 2.45) is 35.0 Å². The number of ketones is 1. The molecule has 0 amide bonds. The Hall–Kier alpha value is -1.99. The summed E-state index contributed by atoms with van der Waals surface area (Å²) in [6, 6.07) is 0. The van der Waals surface area contributed by atoms with Gasteiger partial charge in [0.05, 0.1) is 11.5 Å². The Labute approximate surface area is 201 Å². The summed E-state index contributed by atoms with van der Waals surface area (Å²) in [5.41, 5.74) is -3.36. The van der Waals surface area contributed by atoms with Crippen molar-refractivity contribution in [1.82, 2.24) is 0 Å². The van der Waals surface area contributed by atoms with Crippen LogP contribution in [0.3, 0.4) is 0 Å². The van der Waals surface area contributed by atoms with Crippen LogP contribution in [0.15, 0.2) is 23.3 Å². The number of ether oxygens (including phenoxy) is 2. The van der Waals surface area contributed by atoms with Crippen LogP contribution in [0.4, 0.5) is 0 Å². The first-order valence-corrected chi connectivity index (χ1v) is 12.4. The van der Waals surface area contributed by atoms with Crippen LogP contribution in [0.25, 0.3) is 0 Å². The zero-order valence-corrected chi connectivity index (χ0v) is 21.3. The molecule has 0 saturated heterocycles. The largest absolute Gasteiger partial charge is 0.461 e. The molecule has 0 aromatic rings. The molecule has 2 saturated carbocycles. The summed E-state index contributed by atoms with van der Waals surface area (Å²) < 4.78 is 11.5. The predicted molar refractivity (Wildman–Crippen MR) is 124 cm³/mol. The molecule has 0 radical (unpaired) electrons. The lowest BCUT2D eigenvalue weighted by Crippen LogP contribution is -2.61. The molecule has 2 N–H and O–H groups in total. The SMILES string of the molecule is CCC(C)C(=O)O[C@@]12C[C@@H](C)[C@@]3(O)[C@@H](C=C(COC(C)=O)C[C@]4(O)C(=O)C(C)=C[C@@H]34)[C@@H]1C2(C)C. The van der Waals surface area contributed by atoms with Crippen molar-refractivity contribution in [1.29, 1.82) is 0 Å². The van der Waals surface area contributed by atoms with Gasteiger partial charge in [-0.25, -0.2) is 0 Å². The van der Waals surface area contributed by atoms with Crippen molar-refractivity contribution in [3.63, 3.8) is 0 Å². The van der Waals surface area contributed by atoms with Crippen molar-refractivity contribution in [3.8, 4) is 0 Å². The van der Waals surface area contributed by atoms with Gasteiger partial charge in [0.2, 0.25) is 0 Å². The summed E-state index contributed by atoms with van der Waals surface area (Å²) in [4.78, 5) is 37.5. The second-order valence-corrected chi connectivity index (χ2v) is 11.7. The molecule has 1 unspecified atom stereocenters. The van der Waals surface area contributed by atoms with E-state index in [0.29, 0.717) is 24.0 Å². The molecular weight excluding hydrogens is 436 g/mol. The Morgan fingerprint density at radius 2 is 1.88 bits per heavy atom. The lowest BCUT2D eigenvalue weighted by Gasteiger charge is -2.50. The number of fused-ring (bicyclic) bond motifs is 5. The maximum absolute atomic E-state index is 13.1. The third-order valence-corrected chi connectivity index (χ3v) is 9.43. The smallest absolute Gasteiger partial charge is 0.309 e. The highest BCUT2D eigenvalue weighted by atomic mass is 16.6. The molecule has 34 heavy (non-hydrogen) atoms. The maximum atomic E-state index is 13.1. The van der Waals surface area contributed by atoms with Gasteiger partial charge in [0.15, 0.2) is 5.78 Å². The van der Waals surface area contributed by atoms with Crippen molar-refractivity contribution >= 4 is 17.7 Å². The fraction of sp³-hybridized carbons (Fsp3) is 0.741. The number of carbonyl (C=O) groups is 3. The van der Waals surface area contributed by atoms with Gasteiger partial charge < -0.3 is 19.7 Å². The molecule has 4 aliphatic rings. The highest BCUT2D eigenvalue weighted by Gasteiger charge is 2.83. The van der Waals surface area contributed by atoms with Gasteiger partial charge in [-0.3, -0.25) is 14.4 Å². The molecule has 0 heterocycles. The van der Waals surface area contributed by atoms with Crippen LogP contribution >= 0.6 is 0 Å². The van der Waals surface area contributed by atoms with Gasteiger partial charge in [0.25, 0.3) is 0 Å². The number of carbonyl (C=O) groups excluding carboxylic acids is 3. The highest BCUT2D eigenvalue weighted by Crippen LogP contribution is 2.76. The van der Waals surface area contributed by atoms with Gasteiger partial charge in [-0.1, -0.05) is 46.8 Å². The van der Waals surface area contributed by atoms with E-state index in [1.54, 1.807) is 13.0 Å². The van der Waals surface area contributed by atoms with Gasteiger partial charge >= 0.3 is 11.9 Å². The van der Waals surface area contributed by atoms with E-state index >= 15 is 0 Å². The number of aliphatic hydroxyl groups is 2. The minimum atomic E-state index is -1.81. The van der Waals surface area contributed by atoms with Crippen molar-refractivity contribution < 1.29 is 34.1 Å². The van der Waals surface area contributed by atoms with Crippen molar-refractivity contribution in [2.45, 2.75) is 84.5 Å². The van der Waals surface area contributed by atoms with E-state index in [1.807, 2.05) is 26.8 Å². The molecule has 188 valence electrons. The summed E-state index contributed by atoms with van der Waals surface area (Å²) in [6.07, 6.45) is 4.70. The van der Waals surface area contributed by atoms with Crippen LogP contribution in [0, 0.1) is 35.0 Å². The molecule has 0 aromatic heterocycles. The van der Waals surface area contributed by atoms with Crippen molar-refractivity contribution in [2.75, 3.05) is 6.61 Å². The van der Waals surface area contributed by atoms with Gasteiger partial charge in [0.1, 0.15) is 17.8 Å². The third kappa shape index (κ3) is 3.19. The summed E-state index contributed by atoms with van der Waals surface area (Å²) in [7, 11) is 0. The second-order valence-electron chi connectivity index (χ2n) is 11.7. The van der Waals surface area contributed by atoms with E-state index in [2.05, 4.69) is 13.8 Å². The number of rotatable bonds is 5. The Morgan fingerprint density at radius 3 is 2.47 bits per heavy atom. The molecule has 0 aromatic carbocycles. The van der Waals surface area contributed by atoms with E-state index in [4.69, 9.17) is 9.47 Å². The standard InChI is InChI=1S/C27H38O7/c1-8-14(2)23(30)34-26-11-16(4)27(32)19(21(26)24(26,6)7)10-18(13-33-17(5)28)12-25(31)20(27)9-15(3)22(25)29/h9-10,14,16,19-21,31-32H,8,11-13H2,1-7H3/t14?,16-,19+,20-,21-,25-,26+,27-/m1/s1. The van der Waals surface area contributed by atoms with Crippen LogP contribution in [0.5, 0.6) is 0 Å². The second kappa shape index (κ2) is 7.76. The van der Waals surface area contributed by atoms with Crippen LogP contribution in [-0.4, -0.2) is 51.3 Å². The molecule has 0 spiro atoms. The van der Waals surface area contributed by atoms with Gasteiger partial charge in [-0.2, -0.15) is 0 Å². The highest BCUT2D eigenvalue weighted by molar-refractivity contribution is 6.04. The van der Waals surface area contributed by atoms with E-state index in [-0.39, 0.29) is 36.8 Å². The molecule has 4 aliphatic carbocycles. The fourth-order valence-corrected chi connectivity index (χ4v) is 7.23.